The maximum Gasteiger partial charge on any atom is 0.222 e. The number of carbonyl (C=O) groups is 1. The number of ether oxygens (including phenoxy) is 1. The Bertz CT molecular complexity index is 947. The SMILES string of the molecule is CCc1nccn1CCC(=O)N[C@H]1COC[C@H]1Cc1ccnc2ccccc12. The second-order valence-electron chi connectivity index (χ2n) is 7.30. The minimum atomic E-state index is 0.0489. The largest absolute Gasteiger partial charge is 0.379 e. The van der Waals surface area contributed by atoms with E-state index in [0.29, 0.717) is 26.2 Å². The third-order valence-electron chi connectivity index (χ3n) is 5.46. The topological polar surface area (TPSA) is 69.0 Å². The standard InChI is InChI=1S/C22H26N4O2/c1-2-21-24-10-12-26(21)11-8-22(27)25-20-15-28-14-17(20)13-16-7-9-23-19-6-4-3-5-18(16)19/h3-7,9-10,12,17,20H,2,8,11,13-15H2,1H3,(H,25,27)/t17-,20+/m1/s1. The Morgan fingerprint density at radius 3 is 3.00 bits per heavy atom. The second kappa shape index (κ2) is 8.52. The van der Waals surface area contributed by atoms with Gasteiger partial charge in [-0.05, 0) is 24.1 Å². The van der Waals surface area contributed by atoms with Crippen LogP contribution in [0, 0.1) is 5.92 Å². The van der Waals surface area contributed by atoms with Crippen LogP contribution in [0.3, 0.4) is 0 Å². The van der Waals surface area contributed by atoms with Crippen molar-refractivity contribution < 1.29 is 9.53 Å². The molecule has 3 aromatic rings. The Hall–Kier alpha value is -2.73. The maximum absolute atomic E-state index is 12.5. The summed E-state index contributed by atoms with van der Waals surface area (Å²) in [7, 11) is 0. The van der Waals surface area contributed by atoms with Crippen LogP contribution >= 0.6 is 0 Å². The first-order valence-corrected chi connectivity index (χ1v) is 9.94. The number of nitrogens with zero attached hydrogens (tertiary/aromatic N) is 3. The van der Waals surface area contributed by atoms with Crippen LogP contribution in [0.15, 0.2) is 48.9 Å². The lowest BCUT2D eigenvalue weighted by Crippen LogP contribution is -2.40. The highest BCUT2D eigenvalue weighted by molar-refractivity contribution is 5.82. The first-order valence-electron chi connectivity index (χ1n) is 9.94. The molecule has 1 N–H and O–H groups in total. The third kappa shape index (κ3) is 4.07. The van der Waals surface area contributed by atoms with E-state index in [9.17, 15) is 4.79 Å². The fraction of sp³-hybridized carbons (Fsp3) is 0.409. The Balaban J connectivity index is 1.37. The number of fused-ring (bicyclic) bond motifs is 1. The molecular formula is C22H26N4O2. The molecule has 28 heavy (non-hydrogen) atoms. The molecule has 1 fully saturated rings. The van der Waals surface area contributed by atoms with Gasteiger partial charge in [-0.2, -0.15) is 0 Å². The van der Waals surface area contributed by atoms with Gasteiger partial charge in [-0.3, -0.25) is 9.78 Å². The van der Waals surface area contributed by atoms with Crippen molar-refractivity contribution in [3.63, 3.8) is 0 Å². The van der Waals surface area contributed by atoms with Crippen molar-refractivity contribution in [1.29, 1.82) is 0 Å². The lowest BCUT2D eigenvalue weighted by Gasteiger charge is -2.20. The van der Waals surface area contributed by atoms with Gasteiger partial charge in [0.05, 0.1) is 24.8 Å². The van der Waals surface area contributed by atoms with Crippen molar-refractivity contribution >= 4 is 16.8 Å². The summed E-state index contributed by atoms with van der Waals surface area (Å²) in [6, 6.07) is 10.3. The van der Waals surface area contributed by atoms with Gasteiger partial charge in [0.1, 0.15) is 5.82 Å². The fourth-order valence-electron chi connectivity index (χ4n) is 3.93. The van der Waals surface area contributed by atoms with E-state index in [-0.39, 0.29) is 17.9 Å². The fourth-order valence-corrected chi connectivity index (χ4v) is 3.93. The predicted molar refractivity (Wildman–Crippen MR) is 108 cm³/mol. The number of rotatable bonds is 7. The lowest BCUT2D eigenvalue weighted by atomic mass is 9.93. The average molecular weight is 378 g/mol. The molecule has 0 radical (unpaired) electrons. The van der Waals surface area contributed by atoms with E-state index >= 15 is 0 Å². The summed E-state index contributed by atoms with van der Waals surface area (Å²) in [5.74, 6) is 1.35. The second-order valence-corrected chi connectivity index (χ2v) is 7.30. The van der Waals surface area contributed by atoms with Crippen molar-refractivity contribution in [2.75, 3.05) is 13.2 Å². The van der Waals surface area contributed by atoms with Gasteiger partial charge in [0.2, 0.25) is 5.91 Å². The third-order valence-corrected chi connectivity index (χ3v) is 5.46. The maximum atomic E-state index is 12.5. The van der Waals surface area contributed by atoms with E-state index in [0.717, 1.165) is 24.2 Å². The normalized spacial score (nSPS) is 19.2. The smallest absolute Gasteiger partial charge is 0.222 e. The van der Waals surface area contributed by atoms with Crippen molar-refractivity contribution in [3.8, 4) is 0 Å². The summed E-state index contributed by atoms with van der Waals surface area (Å²) in [5, 5.41) is 4.36. The van der Waals surface area contributed by atoms with Crippen LogP contribution in [0.25, 0.3) is 10.9 Å². The molecule has 1 saturated heterocycles. The Labute approximate surface area is 164 Å². The van der Waals surface area contributed by atoms with Gasteiger partial charge in [-0.25, -0.2) is 4.98 Å². The number of amides is 1. The van der Waals surface area contributed by atoms with Crippen LogP contribution in [0.1, 0.15) is 24.7 Å². The molecule has 6 nitrogen and oxygen atoms in total. The molecule has 0 saturated carbocycles. The lowest BCUT2D eigenvalue weighted by molar-refractivity contribution is -0.122. The molecule has 1 aliphatic heterocycles. The summed E-state index contributed by atoms with van der Waals surface area (Å²) < 4.78 is 7.74. The molecule has 1 aromatic carbocycles. The minimum absolute atomic E-state index is 0.0489. The number of benzene rings is 1. The van der Waals surface area contributed by atoms with Gasteiger partial charge in [0.15, 0.2) is 0 Å². The molecule has 3 heterocycles. The van der Waals surface area contributed by atoms with E-state index in [1.807, 2.05) is 35.2 Å². The van der Waals surface area contributed by atoms with E-state index in [1.54, 1.807) is 6.20 Å². The number of hydrogen-bond acceptors (Lipinski definition) is 4. The van der Waals surface area contributed by atoms with E-state index in [4.69, 9.17) is 4.74 Å². The number of carbonyl (C=O) groups excluding carboxylic acids is 1. The monoisotopic (exact) mass is 378 g/mol. The molecule has 6 heteroatoms. The van der Waals surface area contributed by atoms with Gasteiger partial charge in [-0.1, -0.05) is 25.1 Å². The van der Waals surface area contributed by atoms with Crippen LogP contribution < -0.4 is 5.32 Å². The Morgan fingerprint density at radius 2 is 2.11 bits per heavy atom. The zero-order valence-corrected chi connectivity index (χ0v) is 16.2. The molecule has 0 bridgehead atoms. The van der Waals surface area contributed by atoms with Gasteiger partial charge < -0.3 is 14.6 Å². The van der Waals surface area contributed by atoms with Gasteiger partial charge in [0, 0.05) is 49.3 Å². The predicted octanol–water partition coefficient (Wildman–Crippen LogP) is 2.76. The van der Waals surface area contributed by atoms with Crippen LogP contribution in [0.2, 0.25) is 0 Å². The zero-order chi connectivity index (χ0) is 19.3. The summed E-state index contributed by atoms with van der Waals surface area (Å²) in [4.78, 5) is 21.2. The Kier molecular flexibility index (Phi) is 5.67. The number of aromatic nitrogens is 3. The highest BCUT2D eigenvalue weighted by Crippen LogP contribution is 2.24. The number of para-hydroxylation sites is 1. The highest BCUT2D eigenvalue weighted by Gasteiger charge is 2.30. The summed E-state index contributed by atoms with van der Waals surface area (Å²) in [6.07, 6.45) is 7.77. The van der Waals surface area contributed by atoms with Gasteiger partial charge in [-0.15, -0.1) is 0 Å². The zero-order valence-electron chi connectivity index (χ0n) is 16.2. The van der Waals surface area contributed by atoms with Crippen LogP contribution in [-0.2, 0) is 28.9 Å². The van der Waals surface area contributed by atoms with Crippen LogP contribution in [0.4, 0.5) is 0 Å². The molecule has 2 atom stereocenters. The molecular weight excluding hydrogens is 352 g/mol. The van der Waals surface area contributed by atoms with E-state index in [2.05, 4.69) is 34.3 Å². The van der Waals surface area contributed by atoms with Crippen molar-refractivity contribution in [1.82, 2.24) is 19.9 Å². The molecule has 4 rings (SSSR count). The quantitative estimate of drug-likeness (QED) is 0.686. The van der Waals surface area contributed by atoms with Crippen LogP contribution in [-0.4, -0.2) is 39.7 Å². The van der Waals surface area contributed by atoms with Crippen molar-refractivity contribution in [2.45, 2.75) is 38.8 Å². The molecule has 0 unspecified atom stereocenters. The number of pyridine rings is 1. The van der Waals surface area contributed by atoms with Gasteiger partial charge >= 0.3 is 0 Å². The van der Waals surface area contributed by atoms with Crippen molar-refractivity contribution in [2.24, 2.45) is 5.92 Å². The molecule has 0 spiro atoms. The minimum Gasteiger partial charge on any atom is -0.379 e. The molecule has 1 amide bonds. The van der Waals surface area contributed by atoms with Gasteiger partial charge in [0.25, 0.3) is 0 Å². The molecule has 0 aliphatic carbocycles. The molecule has 146 valence electrons. The molecule has 1 aliphatic rings. The van der Waals surface area contributed by atoms with Crippen molar-refractivity contribution in [3.05, 3.63) is 60.3 Å². The number of aryl methyl sites for hydroxylation is 2. The number of hydrogen-bond donors (Lipinski definition) is 1. The number of nitrogens with one attached hydrogen (secondary N) is 1. The van der Waals surface area contributed by atoms with E-state index < -0.39 is 0 Å². The van der Waals surface area contributed by atoms with E-state index in [1.165, 1.54) is 10.9 Å². The first-order chi connectivity index (χ1) is 13.7. The first kappa shape index (κ1) is 18.6. The summed E-state index contributed by atoms with van der Waals surface area (Å²) in [6.45, 7) is 3.97. The summed E-state index contributed by atoms with van der Waals surface area (Å²) in [5.41, 5.74) is 2.26. The molecule has 2 aromatic heterocycles. The highest BCUT2D eigenvalue weighted by atomic mass is 16.5. The summed E-state index contributed by atoms with van der Waals surface area (Å²) >= 11 is 0. The van der Waals surface area contributed by atoms with Crippen LogP contribution in [0.5, 0.6) is 0 Å². The Morgan fingerprint density at radius 1 is 1.21 bits per heavy atom. The average Bonchev–Trinajstić information content (AvgIpc) is 3.36. The number of imidazole rings is 1.